The quantitative estimate of drug-likeness (QED) is 0.833. The van der Waals surface area contributed by atoms with Crippen molar-refractivity contribution in [2.45, 2.75) is 26.2 Å². The Morgan fingerprint density at radius 3 is 2.93 bits per heavy atom. The van der Waals surface area contributed by atoms with Crippen LogP contribution < -0.4 is 0 Å². The van der Waals surface area contributed by atoms with Gasteiger partial charge in [0, 0.05) is 11.8 Å². The highest BCUT2D eigenvalue weighted by Gasteiger charge is 2.48. The minimum absolute atomic E-state index is 0.520. The molecule has 0 aliphatic heterocycles. The number of aromatic nitrogens is 1. The Kier molecular flexibility index (Phi) is 2.31. The van der Waals surface area contributed by atoms with E-state index in [4.69, 9.17) is 0 Å². The van der Waals surface area contributed by atoms with Crippen molar-refractivity contribution in [3.8, 4) is 0 Å². The third-order valence-corrected chi connectivity index (χ3v) is 3.57. The minimum atomic E-state index is -0.663. The van der Waals surface area contributed by atoms with E-state index in [0.29, 0.717) is 12.3 Å². The topological polar surface area (TPSA) is 50.2 Å². The van der Waals surface area contributed by atoms with Gasteiger partial charge in [0.05, 0.1) is 16.6 Å². The molecule has 0 saturated heterocycles. The van der Waals surface area contributed by atoms with Gasteiger partial charge in [0.1, 0.15) is 0 Å². The number of hydrogen-bond acceptors (Lipinski definition) is 3. The molecule has 0 bridgehead atoms. The van der Waals surface area contributed by atoms with Gasteiger partial charge in [-0.05, 0) is 18.8 Å². The van der Waals surface area contributed by atoms with E-state index < -0.39 is 11.4 Å². The van der Waals surface area contributed by atoms with Crippen LogP contribution in [0.15, 0.2) is 10.9 Å². The van der Waals surface area contributed by atoms with Crippen molar-refractivity contribution in [3.63, 3.8) is 0 Å². The Morgan fingerprint density at radius 1 is 1.79 bits per heavy atom. The molecule has 1 aliphatic carbocycles. The van der Waals surface area contributed by atoms with Gasteiger partial charge < -0.3 is 5.11 Å². The van der Waals surface area contributed by atoms with E-state index in [1.807, 2.05) is 5.38 Å². The normalized spacial score (nSPS) is 31.1. The van der Waals surface area contributed by atoms with Crippen molar-refractivity contribution < 1.29 is 9.90 Å². The number of carbonyl (C=O) groups is 1. The van der Waals surface area contributed by atoms with Gasteiger partial charge in [0.2, 0.25) is 0 Å². The molecule has 0 unspecified atom stereocenters. The molecule has 4 heteroatoms. The van der Waals surface area contributed by atoms with Crippen molar-refractivity contribution in [1.29, 1.82) is 0 Å². The van der Waals surface area contributed by atoms with Gasteiger partial charge in [0.25, 0.3) is 0 Å². The highest BCUT2D eigenvalue weighted by atomic mass is 32.1. The molecule has 3 nitrogen and oxygen atoms in total. The van der Waals surface area contributed by atoms with Crippen LogP contribution >= 0.6 is 11.3 Å². The molecule has 1 N–H and O–H groups in total. The summed E-state index contributed by atoms with van der Waals surface area (Å²) < 4.78 is 0. The molecule has 1 heterocycles. The maximum Gasteiger partial charge on any atom is 0.310 e. The molecule has 1 aromatic heterocycles. The van der Waals surface area contributed by atoms with Gasteiger partial charge in [-0.25, -0.2) is 4.98 Å². The fraction of sp³-hybridized carbons (Fsp3) is 0.600. The molecule has 1 fully saturated rings. The van der Waals surface area contributed by atoms with E-state index in [9.17, 15) is 9.90 Å². The fourth-order valence-electron chi connectivity index (χ4n) is 2.34. The van der Waals surface area contributed by atoms with Crippen LogP contribution in [0.2, 0.25) is 0 Å². The fourth-order valence-corrected chi connectivity index (χ4v) is 2.90. The van der Waals surface area contributed by atoms with Crippen molar-refractivity contribution >= 4 is 17.3 Å². The summed E-state index contributed by atoms with van der Waals surface area (Å²) in [7, 11) is 0. The summed E-state index contributed by atoms with van der Waals surface area (Å²) in [6.45, 7) is 2.10. The lowest BCUT2D eigenvalue weighted by Gasteiger charge is -2.42. The zero-order valence-electron chi connectivity index (χ0n) is 8.06. The Morgan fingerprint density at radius 2 is 2.50 bits per heavy atom. The predicted octanol–water partition coefficient (Wildman–Crippen LogP) is 2.19. The maximum absolute atomic E-state index is 11.2. The van der Waals surface area contributed by atoms with Crippen LogP contribution in [0.5, 0.6) is 0 Å². The average Bonchev–Trinajstić information content (AvgIpc) is 2.53. The van der Waals surface area contributed by atoms with E-state index >= 15 is 0 Å². The number of hydrogen-bond donors (Lipinski definition) is 1. The first-order chi connectivity index (χ1) is 6.62. The lowest BCUT2D eigenvalue weighted by atomic mass is 9.60. The molecule has 0 amide bonds. The SMILES string of the molecule is CC1CC(Cc2cscn2)(C(=O)O)C1. The van der Waals surface area contributed by atoms with Crippen LogP contribution in [0.3, 0.4) is 0 Å². The van der Waals surface area contributed by atoms with Crippen molar-refractivity contribution in [2.24, 2.45) is 11.3 Å². The number of carboxylic acid groups (broad SMARTS) is 1. The van der Waals surface area contributed by atoms with Gasteiger partial charge in [0.15, 0.2) is 0 Å². The van der Waals surface area contributed by atoms with Crippen molar-refractivity contribution in [1.82, 2.24) is 4.98 Å². The highest BCUT2D eigenvalue weighted by molar-refractivity contribution is 7.07. The van der Waals surface area contributed by atoms with Crippen molar-refractivity contribution in [3.05, 3.63) is 16.6 Å². The number of nitrogens with zero attached hydrogens (tertiary/aromatic N) is 1. The zero-order chi connectivity index (χ0) is 10.2. The minimum Gasteiger partial charge on any atom is -0.481 e. The monoisotopic (exact) mass is 211 g/mol. The molecule has 1 aromatic rings. The summed E-state index contributed by atoms with van der Waals surface area (Å²) in [4.78, 5) is 15.3. The van der Waals surface area contributed by atoms with Gasteiger partial charge in [-0.15, -0.1) is 11.3 Å². The second-order valence-corrected chi connectivity index (χ2v) is 4.97. The summed E-state index contributed by atoms with van der Waals surface area (Å²) >= 11 is 1.52. The lowest BCUT2D eigenvalue weighted by Crippen LogP contribution is -2.44. The first-order valence-corrected chi connectivity index (χ1v) is 5.67. The second-order valence-electron chi connectivity index (χ2n) is 4.26. The van der Waals surface area contributed by atoms with Crippen LogP contribution in [0.1, 0.15) is 25.5 Å². The number of aliphatic carboxylic acids is 1. The van der Waals surface area contributed by atoms with Gasteiger partial charge in [-0.1, -0.05) is 6.92 Å². The van der Waals surface area contributed by atoms with E-state index in [1.54, 1.807) is 5.51 Å². The van der Waals surface area contributed by atoms with Crippen molar-refractivity contribution in [2.75, 3.05) is 0 Å². The third-order valence-electron chi connectivity index (χ3n) is 2.94. The maximum atomic E-state index is 11.2. The van der Waals surface area contributed by atoms with Crippen LogP contribution in [0, 0.1) is 11.3 Å². The van der Waals surface area contributed by atoms with E-state index in [0.717, 1.165) is 18.5 Å². The second kappa shape index (κ2) is 3.35. The Balaban J connectivity index is 2.10. The predicted molar refractivity (Wildman–Crippen MR) is 54.3 cm³/mol. The smallest absolute Gasteiger partial charge is 0.310 e. The Hall–Kier alpha value is -0.900. The summed E-state index contributed by atoms with van der Waals surface area (Å²) in [6, 6.07) is 0. The first kappa shape index (κ1) is 9.65. The largest absolute Gasteiger partial charge is 0.481 e. The summed E-state index contributed by atoms with van der Waals surface area (Å²) in [5.74, 6) is -0.117. The summed E-state index contributed by atoms with van der Waals surface area (Å²) in [6.07, 6.45) is 2.18. The summed E-state index contributed by atoms with van der Waals surface area (Å²) in [5, 5.41) is 11.1. The van der Waals surface area contributed by atoms with Gasteiger partial charge >= 0.3 is 5.97 Å². The molecule has 0 aromatic carbocycles. The standard InChI is InChI=1S/C10H13NO2S/c1-7-2-10(3-7,9(12)13)4-8-5-14-6-11-8/h5-7H,2-4H2,1H3,(H,12,13). The zero-order valence-corrected chi connectivity index (χ0v) is 8.88. The number of thiazole rings is 1. The van der Waals surface area contributed by atoms with E-state index in [2.05, 4.69) is 11.9 Å². The average molecular weight is 211 g/mol. The Bertz CT molecular complexity index is 328. The molecule has 0 spiro atoms. The Labute approximate surface area is 86.8 Å². The van der Waals surface area contributed by atoms with E-state index in [1.165, 1.54) is 11.3 Å². The van der Waals surface area contributed by atoms with Crippen LogP contribution in [0.4, 0.5) is 0 Å². The first-order valence-electron chi connectivity index (χ1n) is 4.73. The molecular weight excluding hydrogens is 198 g/mol. The summed E-state index contributed by atoms with van der Waals surface area (Å²) in [5.41, 5.74) is 2.16. The van der Waals surface area contributed by atoms with Crippen LogP contribution in [-0.4, -0.2) is 16.1 Å². The molecule has 76 valence electrons. The van der Waals surface area contributed by atoms with Crippen LogP contribution in [0.25, 0.3) is 0 Å². The van der Waals surface area contributed by atoms with Gasteiger partial charge in [-0.2, -0.15) is 0 Å². The van der Waals surface area contributed by atoms with Crippen LogP contribution in [-0.2, 0) is 11.2 Å². The molecule has 1 aliphatic rings. The number of carboxylic acids is 1. The molecule has 0 radical (unpaired) electrons. The molecule has 2 rings (SSSR count). The molecular formula is C10H13NO2S. The lowest BCUT2D eigenvalue weighted by molar-refractivity contribution is -0.157. The van der Waals surface area contributed by atoms with Gasteiger partial charge in [-0.3, -0.25) is 4.79 Å². The molecule has 0 atom stereocenters. The highest BCUT2D eigenvalue weighted by Crippen LogP contribution is 2.47. The third kappa shape index (κ3) is 1.54. The molecule has 14 heavy (non-hydrogen) atoms. The number of rotatable bonds is 3. The van der Waals surface area contributed by atoms with E-state index in [-0.39, 0.29) is 0 Å². The molecule has 1 saturated carbocycles.